The van der Waals surface area contributed by atoms with Gasteiger partial charge in [-0.15, -0.1) is 0 Å². The van der Waals surface area contributed by atoms with Crippen LogP contribution in [0, 0.1) is 13.8 Å². The highest BCUT2D eigenvalue weighted by Crippen LogP contribution is 2.51. The molecule has 276 valence electrons. The minimum atomic E-state index is -0.141. The highest BCUT2D eigenvalue weighted by molar-refractivity contribution is 6.18. The number of para-hydroxylation sites is 2. The van der Waals surface area contributed by atoms with Crippen molar-refractivity contribution in [3.8, 4) is 11.1 Å². The Kier molecular flexibility index (Phi) is 7.72. The van der Waals surface area contributed by atoms with Gasteiger partial charge < -0.3 is 4.90 Å². The van der Waals surface area contributed by atoms with Gasteiger partial charge in [0.25, 0.3) is 0 Å². The Labute approximate surface area is 340 Å². The Morgan fingerprint density at radius 2 is 0.966 bits per heavy atom. The minimum Gasteiger partial charge on any atom is -0.310 e. The van der Waals surface area contributed by atoms with Crippen molar-refractivity contribution in [2.24, 2.45) is 0 Å². The fourth-order valence-corrected chi connectivity index (χ4v) is 9.75. The van der Waals surface area contributed by atoms with E-state index in [0.29, 0.717) is 0 Å². The molecule has 0 atom stereocenters. The summed E-state index contributed by atoms with van der Waals surface area (Å²) in [5.41, 5.74) is 13.7. The summed E-state index contributed by atoms with van der Waals surface area (Å²) in [4.78, 5) is 2.39. The van der Waals surface area contributed by atoms with Crippen molar-refractivity contribution in [3.63, 3.8) is 0 Å². The molecule has 0 heterocycles. The lowest BCUT2D eigenvalue weighted by Gasteiger charge is -2.28. The van der Waals surface area contributed by atoms with Crippen molar-refractivity contribution < 1.29 is 0 Å². The second-order valence-corrected chi connectivity index (χ2v) is 16.7. The molecule has 10 aromatic carbocycles. The molecule has 0 aromatic heterocycles. The second-order valence-electron chi connectivity index (χ2n) is 16.7. The van der Waals surface area contributed by atoms with E-state index >= 15 is 0 Å². The Morgan fingerprint density at radius 3 is 1.71 bits per heavy atom. The van der Waals surface area contributed by atoms with Gasteiger partial charge in [0.1, 0.15) is 0 Å². The van der Waals surface area contributed by atoms with E-state index in [1.807, 2.05) is 0 Å². The molecule has 0 saturated heterocycles. The molecule has 1 nitrogen and oxygen atoms in total. The molecule has 58 heavy (non-hydrogen) atoms. The van der Waals surface area contributed by atoms with Crippen LogP contribution in [0.25, 0.3) is 77.1 Å². The van der Waals surface area contributed by atoms with Gasteiger partial charge in [0.15, 0.2) is 0 Å². The standard InChI is InChI=1S/C57H43N/c1-36-13-5-11-19-53(36)58(54-20-12-6-14-37(54)2)46-28-27-40-29-38(23-24-41(40)33-46)21-22-39-30-43-25-26-44-32-45(35-52-56(44)55(43)51(31-39)57(52,3)4)50-34-42-15-7-8-16-47(42)48-17-9-10-18-49(48)50/h5-35H,1-4H3. The molecule has 1 aliphatic rings. The summed E-state index contributed by atoms with van der Waals surface area (Å²) >= 11 is 0. The van der Waals surface area contributed by atoms with E-state index < -0.39 is 0 Å². The van der Waals surface area contributed by atoms with Crippen LogP contribution >= 0.6 is 0 Å². The zero-order valence-electron chi connectivity index (χ0n) is 33.3. The predicted octanol–water partition coefficient (Wildman–Crippen LogP) is 16.0. The molecule has 0 bridgehead atoms. The van der Waals surface area contributed by atoms with E-state index in [1.165, 1.54) is 110 Å². The van der Waals surface area contributed by atoms with E-state index in [-0.39, 0.29) is 5.41 Å². The average molecular weight is 742 g/mol. The lowest BCUT2D eigenvalue weighted by atomic mass is 9.80. The van der Waals surface area contributed by atoms with Gasteiger partial charge in [0, 0.05) is 22.5 Å². The SMILES string of the molecule is Cc1ccccc1N(c1ccc2cc(C=Cc3cc4c5c(ccc6cc(-c7cc8ccccc8c8ccccc78)cc(c65)C4(C)C)c3)ccc2c1)c1ccccc1C. The molecule has 1 heteroatoms. The summed E-state index contributed by atoms with van der Waals surface area (Å²) in [6, 6.07) is 65.3. The third-order valence-electron chi connectivity index (χ3n) is 12.8. The molecule has 0 amide bonds. The first-order valence-corrected chi connectivity index (χ1v) is 20.4. The molecule has 0 aliphatic heterocycles. The van der Waals surface area contributed by atoms with Crippen LogP contribution in [0.3, 0.4) is 0 Å². The monoisotopic (exact) mass is 741 g/mol. The molecular formula is C57H43N. The van der Waals surface area contributed by atoms with E-state index in [1.54, 1.807) is 0 Å². The third kappa shape index (κ3) is 5.38. The second kappa shape index (κ2) is 13.0. The Morgan fingerprint density at radius 1 is 0.414 bits per heavy atom. The fourth-order valence-electron chi connectivity index (χ4n) is 9.75. The van der Waals surface area contributed by atoms with Gasteiger partial charge in [-0.3, -0.25) is 0 Å². The summed E-state index contributed by atoms with van der Waals surface area (Å²) in [5, 5.41) is 13.1. The number of anilines is 3. The Bertz CT molecular complexity index is 3300. The lowest BCUT2D eigenvalue weighted by molar-refractivity contribution is 0.663. The number of hydrogen-bond acceptors (Lipinski definition) is 1. The van der Waals surface area contributed by atoms with E-state index in [0.717, 1.165) is 5.69 Å². The zero-order valence-corrected chi connectivity index (χ0v) is 33.3. The van der Waals surface area contributed by atoms with Gasteiger partial charge in [-0.2, -0.15) is 0 Å². The number of hydrogen-bond donors (Lipinski definition) is 0. The van der Waals surface area contributed by atoms with E-state index in [9.17, 15) is 0 Å². The van der Waals surface area contributed by atoms with Crippen LogP contribution in [0.1, 0.15) is 47.2 Å². The van der Waals surface area contributed by atoms with Crippen LogP contribution in [-0.2, 0) is 5.41 Å². The smallest absolute Gasteiger partial charge is 0.0490 e. The predicted molar refractivity (Wildman–Crippen MR) is 251 cm³/mol. The summed E-state index contributed by atoms with van der Waals surface area (Å²) in [6.07, 6.45) is 4.56. The number of benzene rings is 10. The van der Waals surface area contributed by atoms with Gasteiger partial charge in [0.2, 0.25) is 0 Å². The van der Waals surface area contributed by atoms with E-state index in [2.05, 4.69) is 221 Å². The maximum atomic E-state index is 2.48. The van der Waals surface area contributed by atoms with Crippen LogP contribution in [-0.4, -0.2) is 0 Å². The largest absolute Gasteiger partial charge is 0.310 e. The number of nitrogens with zero attached hydrogens (tertiary/aromatic N) is 1. The van der Waals surface area contributed by atoms with Crippen LogP contribution in [0.2, 0.25) is 0 Å². The fraction of sp³-hybridized carbons (Fsp3) is 0.0877. The van der Waals surface area contributed by atoms with Crippen molar-refractivity contribution >= 4 is 83.1 Å². The molecule has 11 rings (SSSR count). The molecule has 0 spiro atoms. The summed E-state index contributed by atoms with van der Waals surface area (Å²) in [5.74, 6) is 0. The summed E-state index contributed by atoms with van der Waals surface area (Å²) in [7, 11) is 0. The van der Waals surface area contributed by atoms with Crippen molar-refractivity contribution in [2.75, 3.05) is 4.90 Å². The van der Waals surface area contributed by atoms with E-state index in [4.69, 9.17) is 0 Å². The molecule has 0 fully saturated rings. The first-order chi connectivity index (χ1) is 28.3. The highest BCUT2D eigenvalue weighted by atomic mass is 15.1. The van der Waals surface area contributed by atoms with Crippen LogP contribution in [0.5, 0.6) is 0 Å². The first kappa shape index (κ1) is 34.3. The van der Waals surface area contributed by atoms with Crippen LogP contribution in [0.15, 0.2) is 176 Å². The van der Waals surface area contributed by atoms with Crippen LogP contribution in [0.4, 0.5) is 17.1 Å². The zero-order chi connectivity index (χ0) is 39.1. The molecule has 0 unspecified atom stereocenters. The van der Waals surface area contributed by atoms with Gasteiger partial charge in [-0.05, 0) is 167 Å². The number of aryl methyl sites for hydroxylation is 2. The van der Waals surface area contributed by atoms with Crippen molar-refractivity contribution in [3.05, 3.63) is 209 Å². The van der Waals surface area contributed by atoms with Gasteiger partial charge in [-0.1, -0.05) is 147 Å². The molecule has 10 aromatic rings. The molecule has 0 radical (unpaired) electrons. The quantitative estimate of drug-likeness (QED) is 0.121. The van der Waals surface area contributed by atoms with Crippen molar-refractivity contribution in [1.82, 2.24) is 0 Å². The van der Waals surface area contributed by atoms with Crippen molar-refractivity contribution in [2.45, 2.75) is 33.1 Å². The number of fused-ring (bicyclic) bond motifs is 4. The van der Waals surface area contributed by atoms with Crippen LogP contribution < -0.4 is 4.90 Å². The number of rotatable bonds is 6. The minimum absolute atomic E-state index is 0.141. The van der Waals surface area contributed by atoms with Crippen molar-refractivity contribution in [1.29, 1.82) is 0 Å². The lowest BCUT2D eigenvalue weighted by Crippen LogP contribution is -2.15. The highest BCUT2D eigenvalue weighted by Gasteiger charge is 2.35. The molecule has 0 N–H and O–H groups in total. The molecule has 0 saturated carbocycles. The molecular weight excluding hydrogens is 699 g/mol. The summed E-state index contributed by atoms with van der Waals surface area (Å²) in [6.45, 7) is 9.19. The average Bonchev–Trinajstić information content (AvgIpc) is 3.48. The maximum absolute atomic E-state index is 2.48. The Hall–Kier alpha value is -6.96. The van der Waals surface area contributed by atoms with Gasteiger partial charge in [-0.25, -0.2) is 0 Å². The Balaban J connectivity index is 0.945. The topological polar surface area (TPSA) is 3.24 Å². The normalized spacial score (nSPS) is 13.2. The maximum Gasteiger partial charge on any atom is 0.0490 e. The molecule has 1 aliphatic carbocycles. The third-order valence-corrected chi connectivity index (χ3v) is 12.8. The summed E-state index contributed by atoms with van der Waals surface area (Å²) < 4.78 is 0. The van der Waals surface area contributed by atoms with Gasteiger partial charge >= 0.3 is 0 Å². The van der Waals surface area contributed by atoms with Gasteiger partial charge in [0.05, 0.1) is 0 Å². The first-order valence-electron chi connectivity index (χ1n) is 20.4.